The quantitative estimate of drug-likeness (QED) is 0.443. The SMILES string of the molecule is COc1cc(-c2ccccc2)c(C(=O)c2ccccc2)c2ccccc12. The zero-order valence-electron chi connectivity index (χ0n) is 14.5. The van der Waals surface area contributed by atoms with Gasteiger partial charge in [-0.25, -0.2) is 0 Å². The standard InChI is InChI=1S/C24H18O2/c1-26-22-16-21(17-10-4-2-5-11-17)23(20-15-9-8-14-19(20)22)24(25)18-12-6-3-7-13-18/h2-16H,1H3. The van der Waals surface area contributed by atoms with E-state index in [1.54, 1.807) is 7.11 Å². The van der Waals surface area contributed by atoms with Crippen molar-refractivity contribution in [1.82, 2.24) is 0 Å². The van der Waals surface area contributed by atoms with Crippen molar-refractivity contribution in [3.05, 3.63) is 102 Å². The molecule has 4 aromatic carbocycles. The van der Waals surface area contributed by atoms with Crippen LogP contribution in [0, 0.1) is 0 Å². The van der Waals surface area contributed by atoms with E-state index in [-0.39, 0.29) is 5.78 Å². The molecule has 0 aliphatic heterocycles. The van der Waals surface area contributed by atoms with Gasteiger partial charge in [0.2, 0.25) is 0 Å². The highest BCUT2D eigenvalue weighted by molar-refractivity contribution is 6.21. The Morgan fingerprint density at radius 3 is 1.96 bits per heavy atom. The maximum absolute atomic E-state index is 13.4. The Hall–Kier alpha value is -3.39. The smallest absolute Gasteiger partial charge is 0.194 e. The summed E-state index contributed by atoms with van der Waals surface area (Å²) in [7, 11) is 1.66. The monoisotopic (exact) mass is 338 g/mol. The molecule has 0 saturated carbocycles. The molecule has 0 unspecified atom stereocenters. The summed E-state index contributed by atoms with van der Waals surface area (Å²) < 4.78 is 5.62. The number of fused-ring (bicyclic) bond motifs is 1. The molecule has 2 nitrogen and oxygen atoms in total. The summed E-state index contributed by atoms with van der Waals surface area (Å²) in [5.74, 6) is 0.785. The van der Waals surface area contributed by atoms with Crippen LogP contribution < -0.4 is 4.74 Å². The number of hydrogen-bond donors (Lipinski definition) is 0. The molecule has 0 aromatic heterocycles. The number of carbonyl (C=O) groups excluding carboxylic acids is 1. The van der Waals surface area contributed by atoms with Crippen molar-refractivity contribution in [3.63, 3.8) is 0 Å². The first-order valence-electron chi connectivity index (χ1n) is 8.54. The predicted molar refractivity (Wildman–Crippen MR) is 106 cm³/mol. The number of ether oxygens (including phenoxy) is 1. The highest BCUT2D eigenvalue weighted by atomic mass is 16.5. The van der Waals surface area contributed by atoms with Crippen molar-refractivity contribution >= 4 is 16.6 Å². The van der Waals surface area contributed by atoms with Crippen molar-refractivity contribution in [2.24, 2.45) is 0 Å². The molecule has 4 aromatic rings. The molecule has 26 heavy (non-hydrogen) atoms. The van der Waals surface area contributed by atoms with Crippen LogP contribution in [0.1, 0.15) is 15.9 Å². The number of carbonyl (C=O) groups is 1. The fourth-order valence-corrected chi connectivity index (χ4v) is 3.33. The van der Waals surface area contributed by atoms with E-state index in [0.717, 1.165) is 27.6 Å². The van der Waals surface area contributed by atoms with Crippen molar-refractivity contribution in [3.8, 4) is 16.9 Å². The molecule has 0 aliphatic rings. The summed E-state index contributed by atoms with van der Waals surface area (Å²) in [5, 5.41) is 1.84. The third kappa shape index (κ3) is 2.76. The molecule has 0 bridgehead atoms. The number of benzene rings is 4. The van der Waals surface area contributed by atoms with Crippen LogP contribution in [0.5, 0.6) is 5.75 Å². The molecular weight excluding hydrogens is 320 g/mol. The summed E-state index contributed by atoms with van der Waals surface area (Å²) in [6.07, 6.45) is 0. The minimum absolute atomic E-state index is 0.0170. The van der Waals surface area contributed by atoms with Crippen LogP contribution in [0.4, 0.5) is 0 Å². The van der Waals surface area contributed by atoms with Gasteiger partial charge in [-0.2, -0.15) is 0 Å². The minimum atomic E-state index is 0.0170. The Bertz CT molecular complexity index is 1070. The first-order chi connectivity index (χ1) is 12.8. The second-order valence-corrected chi connectivity index (χ2v) is 6.11. The maximum Gasteiger partial charge on any atom is 0.194 e. The average molecular weight is 338 g/mol. The van der Waals surface area contributed by atoms with Crippen LogP contribution >= 0.6 is 0 Å². The van der Waals surface area contributed by atoms with E-state index in [2.05, 4.69) is 0 Å². The Morgan fingerprint density at radius 2 is 1.31 bits per heavy atom. The molecule has 0 N–H and O–H groups in total. The summed E-state index contributed by atoms with van der Waals surface area (Å²) in [5.41, 5.74) is 3.27. The zero-order chi connectivity index (χ0) is 17.9. The minimum Gasteiger partial charge on any atom is -0.496 e. The second-order valence-electron chi connectivity index (χ2n) is 6.11. The van der Waals surface area contributed by atoms with Gasteiger partial charge in [0.05, 0.1) is 7.11 Å². The molecule has 126 valence electrons. The van der Waals surface area contributed by atoms with Gasteiger partial charge in [-0.05, 0) is 22.6 Å². The van der Waals surface area contributed by atoms with Gasteiger partial charge in [-0.15, -0.1) is 0 Å². The molecular formula is C24H18O2. The fraction of sp³-hybridized carbons (Fsp3) is 0.0417. The van der Waals surface area contributed by atoms with Crippen LogP contribution in [0.3, 0.4) is 0 Å². The van der Waals surface area contributed by atoms with E-state index in [1.165, 1.54) is 0 Å². The summed E-state index contributed by atoms with van der Waals surface area (Å²) >= 11 is 0. The largest absolute Gasteiger partial charge is 0.496 e. The normalized spacial score (nSPS) is 10.7. The Morgan fingerprint density at radius 1 is 0.731 bits per heavy atom. The fourth-order valence-electron chi connectivity index (χ4n) is 3.33. The Labute approximate surface area is 152 Å². The van der Waals surface area contributed by atoms with Crippen LogP contribution in [0.2, 0.25) is 0 Å². The van der Waals surface area contributed by atoms with Crippen LogP contribution in [-0.2, 0) is 0 Å². The molecule has 0 saturated heterocycles. The van der Waals surface area contributed by atoms with Crippen molar-refractivity contribution in [2.75, 3.05) is 7.11 Å². The third-order valence-corrected chi connectivity index (χ3v) is 4.57. The molecule has 0 heterocycles. The molecule has 0 fully saturated rings. The molecule has 0 aliphatic carbocycles. The highest BCUT2D eigenvalue weighted by Crippen LogP contribution is 2.37. The van der Waals surface area contributed by atoms with Gasteiger partial charge in [-0.1, -0.05) is 84.9 Å². The number of rotatable bonds is 4. The summed E-state index contributed by atoms with van der Waals surface area (Å²) in [4.78, 5) is 13.4. The number of ketones is 1. The molecule has 2 heteroatoms. The van der Waals surface area contributed by atoms with E-state index in [9.17, 15) is 4.79 Å². The molecule has 0 atom stereocenters. The maximum atomic E-state index is 13.4. The van der Waals surface area contributed by atoms with E-state index >= 15 is 0 Å². The highest BCUT2D eigenvalue weighted by Gasteiger charge is 2.20. The molecule has 4 rings (SSSR count). The van der Waals surface area contributed by atoms with Gasteiger partial charge >= 0.3 is 0 Å². The lowest BCUT2D eigenvalue weighted by Crippen LogP contribution is -2.05. The van der Waals surface area contributed by atoms with Gasteiger partial charge in [-0.3, -0.25) is 4.79 Å². The summed E-state index contributed by atoms with van der Waals surface area (Å²) in [6, 6.07) is 29.2. The van der Waals surface area contributed by atoms with Crippen LogP contribution in [0.15, 0.2) is 91.0 Å². The zero-order valence-corrected chi connectivity index (χ0v) is 14.5. The van der Waals surface area contributed by atoms with Gasteiger partial charge in [0.15, 0.2) is 5.78 Å². The Balaban J connectivity index is 2.07. The van der Waals surface area contributed by atoms with Crippen LogP contribution in [0.25, 0.3) is 21.9 Å². The Kier molecular flexibility index (Phi) is 4.24. The number of methoxy groups -OCH3 is 1. The third-order valence-electron chi connectivity index (χ3n) is 4.57. The first-order valence-corrected chi connectivity index (χ1v) is 8.54. The second kappa shape index (κ2) is 6.85. The number of hydrogen-bond acceptors (Lipinski definition) is 2. The van der Waals surface area contributed by atoms with E-state index in [0.29, 0.717) is 11.1 Å². The first kappa shape index (κ1) is 16.1. The molecule has 0 amide bonds. The van der Waals surface area contributed by atoms with Crippen molar-refractivity contribution < 1.29 is 9.53 Å². The van der Waals surface area contributed by atoms with Crippen molar-refractivity contribution in [2.45, 2.75) is 0 Å². The predicted octanol–water partition coefficient (Wildman–Crippen LogP) is 5.75. The lowest BCUT2D eigenvalue weighted by Gasteiger charge is -2.16. The lowest BCUT2D eigenvalue weighted by atomic mass is 9.89. The van der Waals surface area contributed by atoms with Gasteiger partial charge < -0.3 is 4.74 Å². The van der Waals surface area contributed by atoms with E-state index in [1.807, 2.05) is 91.0 Å². The van der Waals surface area contributed by atoms with E-state index in [4.69, 9.17) is 4.74 Å². The van der Waals surface area contributed by atoms with Gasteiger partial charge in [0.25, 0.3) is 0 Å². The molecule has 0 spiro atoms. The van der Waals surface area contributed by atoms with Crippen LogP contribution in [-0.4, -0.2) is 12.9 Å². The van der Waals surface area contributed by atoms with Gasteiger partial charge in [0.1, 0.15) is 5.75 Å². The summed E-state index contributed by atoms with van der Waals surface area (Å²) in [6.45, 7) is 0. The topological polar surface area (TPSA) is 26.3 Å². The molecule has 0 radical (unpaired) electrons. The lowest BCUT2D eigenvalue weighted by molar-refractivity contribution is 0.104. The van der Waals surface area contributed by atoms with E-state index < -0.39 is 0 Å². The average Bonchev–Trinajstić information content (AvgIpc) is 2.73. The van der Waals surface area contributed by atoms with Crippen molar-refractivity contribution in [1.29, 1.82) is 0 Å². The van der Waals surface area contributed by atoms with Gasteiger partial charge in [0, 0.05) is 16.5 Å².